The van der Waals surface area contributed by atoms with Crippen molar-refractivity contribution in [1.29, 1.82) is 0 Å². The number of carbonyl (C=O) groups is 1. The van der Waals surface area contributed by atoms with Gasteiger partial charge in [-0.25, -0.2) is 0 Å². The van der Waals surface area contributed by atoms with Gasteiger partial charge in [0.25, 0.3) is 0 Å². The lowest BCUT2D eigenvalue weighted by molar-refractivity contribution is -0.125. The molecule has 0 saturated heterocycles. The molecule has 0 unspecified atom stereocenters. The van der Waals surface area contributed by atoms with Crippen LogP contribution >= 0.6 is 12.9 Å². The second-order valence-corrected chi connectivity index (χ2v) is 7.81. The normalized spacial score (nSPS) is 20.3. The molecule has 0 aromatic carbocycles. The van der Waals surface area contributed by atoms with Crippen LogP contribution in [0.3, 0.4) is 0 Å². The molecule has 14 heavy (non-hydrogen) atoms. The molecule has 0 aromatic heterocycles. The Bertz CT molecular complexity index is 202. The van der Waals surface area contributed by atoms with E-state index >= 15 is 0 Å². The van der Waals surface area contributed by atoms with E-state index in [2.05, 4.69) is 18.2 Å². The molecule has 1 saturated carbocycles. The molecule has 0 aromatic rings. The highest BCUT2D eigenvalue weighted by molar-refractivity contribution is 9.23. The van der Waals surface area contributed by atoms with Crippen LogP contribution in [-0.4, -0.2) is 30.1 Å². The highest BCUT2D eigenvalue weighted by Gasteiger charge is 2.40. The number of carbonyl (C=O) groups excluding carboxylic acids is 1. The molecule has 0 aliphatic heterocycles. The molecule has 1 fully saturated rings. The van der Waals surface area contributed by atoms with Gasteiger partial charge in [-0.2, -0.15) is 0 Å². The van der Waals surface area contributed by atoms with Gasteiger partial charge in [-0.15, -0.1) is 0 Å². The zero-order valence-electron chi connectivity index (χ0n) is 9.05. The van der Waals surface area contributed by atoms with Crippen LogP contribution in [0.5, 0.6) is 0 Å². The SMILES string of the molecule is CC(C)[N]C(=O)[C]1([Mg][Br])CCCCC1. The summed E-state index contributed by atoms with van der Waals surface area (Å²) in [6, 6.07) is 0.148. The lowest BCUT2D eigenvalue weighted by atomic mass is 9.87. The summed E-state index contributed by atoms with van der Waals surface area (Å²) < 4.78 is -0.0392. The lowest BCUT2D eigenvalue weighted by Gasteiger charge is -2.34. The second kappa shape index (κ2) is 5.71. The summed E-state index contributed by atoms with van der Waals surface area (Å²) >= 11 is 3.16. The maximum absolute atomic E-state index is 12.0. The Morgan fingerprint density at radius 3 is 2.36 bits per heavy atom. The van der Waals surface area contributed by atoms with Crippen LogP contribution in [0.2, 0.25) is 3.54 Å². The third-order valence-corrected chi connectivity index (χ3v) is 7.64. The predicted octanol–water partition coefficient (Wildman–Crippen LogP) is 2.66. The highest BCUT2D eigenvalue weighted by Crippen LogP contribution is 2.43. The van der Waals surface area contributed by atoms with E-state index in [1.54, 1.807) is 0 Å². The van der Waals surface area contributed by atoms with E-state index in [1.807, 2.05) is 13.8 Å². The molecule has 0 N–H and O–H groups in total. The molecule has 4 heteroatoms. The molecule has 1 aliphatic rings. The lowest BCUT2D eigenvalue weighted by Crippen LogP contribution is -2.38. The fraction of sp³-hybridized carbons (Fsp3) is 0.900. The zero-order chi connectivity index (χ0) is 10.6. The third kappa shape index (κ3) is 3.10. The first kappa shape index (κ1) is 12.8. The van der Waals surface area contributed by atoms with Crippen molar-refractivity contribution in [3.8, 4) is 0 Å². The summed E-state index contributed by atoms with van der Waals surface area (Å²) in [4.78, 5) is 12.0. The quantitative estimate of drug-likeness (QED) is 0.726. The van der Waals surface area contributed by atoms with Crippen molar-refractivity contribution >= 4 is 37.0 Å². The van der Waals surface area contributed by atoms with Gasteiger partial charge >= 0.3 is 18.2 Å². The molecule has 1 amide bonds. The first-order valence-electron chi connectivity index (χ1n) is 5.42. The van der Waals surface area contributed by atoms with Crippen molar-refractivity contribution in [1.82, 2.24) is 5.32 Å². The van der Waals surface area contributed by atoms with Gasteiger partial charge in [0.2, 0.25) is 5.91 Å². The van der Waals surface area contributed by atoms with Crippen LogP contribution in [-0.2, 0) is 4.79 Å². The fourth-order valence-electron chi connectivity index (χ4n) is 2.00. The van der Waals surface area contributed by atoms with Crippen molar-refractivity contribution in [2.45, 2.75) is 55.5 Å². The predicted molar refractivity (Wildman–Crippen MR) is 62.7 cm³/mol. The first-order chi connectivity index (χ1) is 6.60. The molecular formula is C10H17BrMgNO. The van der Waals surface area contributed by atoms with Crippen LogP contribution in [0.25, 0.3) is 0 Å². The van der Waals surface area contributed by atoms with Gasteiger partial charge in [-0.1, -0.05) is 32.1 Å². The minimum absolute atomic E-state index is 0.0392. The number of halogens is 1. The molecule has 2 nitrogen and oxygen atoms in total. The van der Waals surface area contributed by atoms with E-state index in [0.29, 0.717) is 0 Å². The minimum Gasteiger partial charge on any atom is -0.305 e. The molecule has 1 aliphatic carbocycles. The van der Waals surface area contributed by atoms with Crippen molar-refractivity contribution in [3.05, 3.63) is 0 Å². The van der Waals surface area contributed by atoms with E-state index in [-0.39, 0.29) is 15.5 Å². The van der Waals surface area contributed by atoms with Gasteiger partial charge in [-0.05, 0) is 17.4 Å². The Morgan fingerprint density at radius 1 is 1.36 bits per heavy atom. The van der Waals surface area contributed by atoms with Gasteiger partial charge in [0, 0.05) is 6.04 Å². The van der Waals surface area contributed by atoms with E-state index < -0.39 is 18.2 Å². The van der Waals surface area contributed by atoms with E-state index in [1.165, 1.54) is 19.3 Å². The number of rotatable bonds is 3. The summed E-state index contributed by atoms with van der Waals surface area (Å²) in [5.74, 6) is 0.177. The smallest absolute Gasteiger partial charge is 0.305 e. The van der Waals surface area contributed by atoms with Gasteiger partial charge in [0.05, 0.1) is 0 Å². The van der Waals surface area contributed by atoms with Gasteiger partial charge in [-0.3, -0.25) is 10.1 Å². The first-order valence-corrected chi connectivity index (χ1v) is 10.0. The van der Waals surface area contributed by atoms with Crippen LogP contribution in [0.4, 0.5) is 0 Å². The number of amides is 1. The molecule has 0 heterocycles. The summed E-state index contributed by atoms with van der Waals surface area (Å²) in [5, 5.41) is 4.21. The van der Waals surface area contributed by atoms with E-state index in [9.17, 15) is 4.79 Å². The minimum atomic E-state index is -0.460. The summed E-state index contributed by atoms with van der Waals surface area (Å²) in [6.45, 7) is 3.95. The molecule has 1 rings (SSSR count). The number of hydrogen-bond donors (Lipinski definition) is 0. The summed E-state index contributed by atoms with van der Waals surface area (Å²) in [5.41, 5.74) is 0. The van der Waals surface area contributed by atoms with Crippen molar-refractivity contribution < 1.29 is 4.79 Å². The Balaban J connectivity index is 2.62. The van der Waals surface area contributed by atoms with Crippen LogP contribution in [0.15, 0.2) is 0 Å². The Kier molecular flexibility index (Phi) is 5.21. The fourth-order valence-corrected chi connectivity index (χ4v) is 5.38. The largest absolute Gasteiger partial charge is 0.488 e. The Morgan fingerprint density at radius 2 is 1.93 bits per heavy atom. The zero-order valence-corrected chi connectivity index (χ0v) is 12.1. The van der Waals surface area contributed by atoms with Crippen LogP contribution < -0.4 is 5.32 Å². The standard InChI is InChI=1S/C10H17NO.BrH.Mg/c1-8(2)11-10(12)9-6-4-3-5-7-9;;/h8H,3-7H2,1-2H3;1H;/q;;+1/p-1. The summed E-state index contributed by atoms with van der Waals surface area (Å²) in [7, 11) is 0. The van der Waals surface area contributed by atoms with Crippen LogP contribution in [0.1, 0.15) is 46.0 Å². The molecule has 0 spiro atoms. The van der Waals surface area contributed by atoms with Gasteiger partial charge < -0.3 is 12.9 Å². The van der Waals surface area contributed by atoms with Gasteiger partial charge in [0.1, 0.15) is 0 Å². The van der Waals surface area contributed by atoms with Crippen molar-refractivity contribution in [3.63, 3.8) is 0 Å². The average molecular weight is 271 g/mol. The van der Waals surface area contributed by atoms with Crippen LogP contribution in [0, 0.1) is 0 Å². The topological polar surface area (TPSA) is 31.2 Å². The Labute approximate surface area is 102 Å². The van der Waals surface area contributed by atoms with Crippen molar-refractivity contribution in [2.75, 3.05) is 0 Å². The average Bonchev–Trinajstić information content (AvgIpc) is 2.18. The molecule has 0 atom stereocenters. The highest BCUT2D eigenvalue weighted by atomic mass is 79.9. The molecule has 0 bridgehead atoms. The third-order valence-electron chi connectivity index (χ3n) is 2.90. The molecule has 77 valence electrons. The second-order valence-electron chi connectivity index (χ2n) is 4.50. The van der Waals surface area contributed by atoms with E-state index in [0.717, 1.165) is 12.8 Å². The maximum atomic E-state index is 12.0. The van der Waals surface area contributed by atoms with E-state index in [4.69, 9.17) is 0 Å². The molecule has 1 radical (unpaired) electrons. The van der Waals surface area contributed by atoms with Gasteiger partial charge in [0.15, 0.2) is 0 Å². The van der Waals surface area contributed by atoms with Crippen molar-refractivity contribution in [2.24, 2.45) is 0 Å². The Hall–Kier alpha value is 0.716. The maximum Gasteiger partial charge on any atom is 0.488 e. The number of hydrogen-bond acceptors (Lipinski definition) is 1. The summed E-state index contributed by atoms with van der Waals surface area (Å²) in [6.07, 6.45) is 5.84. The molecular weight excluding hydrogens is 254 g/mol. The number of nitrogens with zero attached hydrogens (tertiary/aromatic N) is 1. The monoisotopic (exact) mass is 270 g/mol.